The minimum absolute atomic E-state index is 0.00102. The fraction of sp³-hybridized carbons (Fsp3) is 0.562. The predicted molar refractivity (Wildman–Crippen MR) is 87.4 cm³/mol. The Morgan fingerprint density at radius 3 is 2.77 bits per heavy atom. The third-order valence-corrected chi connectivity index (χ3v) is 4.79. The van der Waals surface area contributed by atoms with Crippen LogP contribution >= 0.6 is 23.2 Å². The van der Waals surface area contributed by atoms with Crippen LogP contribution in [0.5, 0.6) is 0 Å². The van der Waals surface area contributed by atoms with E-state index in [0.717, 1.165) is 12.0 Å². The molecule has 1 aromatic carbocycles. The van der Waals surface area contributed by atoms with E-state index >= 15 is 0 Å². The van der Waals surface area contributed by atoms with E-state index in [1.165, 1.54) is 0 Å². The Hall–Kier alpha value is -0.810. The van der Waals surface area contributed by atoms with Crippen LogP contribution in [0.15, 0.2) is 18.2 Å². The molecule has 1 saturated carbocycles. The number of aliphatic hydroxyl groups is 1. The highest BCUT2D eigenvalue weighted by Crippen LogP contribution is 2.48. The lowest BCUT2D eigenvalue weighted by Crippen LogP contribution is -2.50. The van der Waals surface area contributed by atoms with E-state index in [1.807, 2.05) is 19.1 Å². The third kappa shape index (κ3) is 4.13. The van der Waals surface area contributed by atoms with Crippen LogP contribution in [-0.4, -0.2) is 36.9 Å². The van der Waals surface area contributed by atoms with Gasteiger partial charge < -0.3 is 15.2 Å². The molecule has 0 aromatic heterocycles. The van der Waals surface area contributed by atoms with Crippen molar-refractivity contribution in [3.63, 3.8) is 0 Å². The maximum absolute atomic E-state index is 12.4. The molecule has 0 aliphatic heterocycles. The Labute approximate surface area is 140 Å². The molecule has 0 bridgehead atoms. The summed E-state index contributed by atoms with van der Waals surface area (Å²) in [6, 6.07) is 5.49. The first-order valence-electron chi connectivity index (χ1n) is 7.27. The molecule has 3 atom stereocenters. The Bertz CT molecular complexity index is 544. The number of methoxy groups -OCH3 is 1. The monoisotopic (exact) mass is 345 g/mol. The zero-order valence-corrected chi connectivity index (χ0v) is 14.2. The van der Waals surface area contributed by atoms with Gasteiger partial charge in [0, 0.05) is 19.6 Å². The van der Waals surface area contributed by atoms with Crippen molar-refractivity contribution in [1.82, 2.24) is 5.32 Å². The summed E-state index contributed by atoms with van der Waals surface area (Å²) in [6.45, 7) is 2.24. The lowest BCUT2D eigenvalue weighted by atomic mass is 9.98. The normalized spacial score (nSPS) is 23.0. The molecular weight excluding hydrogens is 325 g/mol. The first kappa shape index (κ1) is 17.5. The van der Waals surface area contributed by atoms with Crippen molar-refractivity contribution in [1.29, 1.82) is 0 Å². The Balaban J connectivity index is 1.99. The van der Waals surface area contributed by atoms with Crippen molar-refractivity contribution in [3.05, 3.63) is 33.8 Å². The lowest BCUT2D eigenvalue weighted by molar-refractivity contribution is -0.125. The van der Waals surface area contributed by atoms with Gasteiger partial charge in [0.15, 0.2) is 0 Å². The van der Waals surface area contributed by atoms with Crippen LogP contribution in [0.4, 0.5) is 0 Å². The zero-order chi connectivity index (χ0) is 16.3. The maximum atomic E-state index is 12.4. The first-order chi connectivity index (χ1) is 10.4. The van der Waals surface area contributed by atoms with Gasteiger partial charge in [-0.15, -0.1) is 0 Å². The van der Waals surface area contributed by atoms with Gasteiger partial charge in [0.25, 0.3) is 0 Å². The van der Waals surface area contributed by atoms with Crippen molar-refractivity contribution in [3.8, 4) is 0 Å². The fourth-order valence-electron chi connectivity index (χ4n) is 2.72. The molecule has 0 spiro atoms. The number of amides is 1. The number of rotatable bonds is 7. The second kappa shape index (κ2) is 7.18. The highest BCUT2D eigenvalue weighted by atomic mass is 35.5. The number of halogens is 2. The summed E-state index contributed by atoms with van der Waals surface area (Å²) in [7, 11) is 1.58. The summed E-state index contributed by atoms with van der Waals surface area (Å²) in [5.41, 5.74) is 0.482. The Morgan fingerprint density at radius 2 is 2.18 bits per heavy atom. The van der Waals surface area contributed by atoms with Gasteiger partial charge in [0.2, 0.25) is 5.91 Å². The molecule has 3 unspecified atom stereocenters. The van der Waals surface area contributed by atoms with Crippen molar-refractivity contribution in [2.24, 2.45) is 5.92 Å². The average molecular weight is 346 g/mol. The van der Waals surface area contributed by atoms with Crippen LogP contribution in [0.2, 0.25) is 10.0 Å². The molecule has 6 heteroatoms. The second-order valence-electron chi connectivity index (χ2n) is 6.08. The second-order valence-corrected chi connectivity index (χ2v) is 6.89. The molecule has 2 N–H and O–H groups in total. The number of ether oxygens (including phenoxy) is 1. The Kier molecular flexibility index (Phi) is 5.72. The van der Waals surface area contributed by atoms with E-state index in [9.17, 15) is 4.79 Å². The molecule has 0 saturated heterocycles. The molecule has 2 rings (SSSR count). The zero-order valence-electron chi connectivity index (χ0n) is 12.7. The lowest BCUT2D eigenvalue weighted by Gasteiger charge is -2.29. The van der Waals surface area contributed by atoms with Crippen LogP contribution in [0, 0.1) is 5.92 Å². The molecule has 22 heavy (non-hydrogen) atoms. The summed E-state index contributed by atoms with van der Waals surface area (Å²) < 4.78 is 5.14. The summed E-state index contributed by atoms with van der Waals surface area (Å²) in [4.78, 5) is 12.4. The van der Waals surface area contributed by atoms with Crippen molar-refractivity contribution in [2.75, 3.05) is 20.3 Å². The van der Waals surface area contributed by atoms with Gasteiger partial charge in [0.1, 0.15) is 0 Å². The van der Waals surface area contributed by atoms with Crippen LogP contribution < -0.4 is 5.32 Å². The van der Waals surface area contributed by atoms with Gasteiger partial charge in [0.05, 0.1) is 22.2 Å². The van der Waals surface area contributed by atoms with Crippen LogP contribution in [0.25, 0.3) is 0 Å². The van der Waals surface area contributed by atoms with Crippen LogP contribution in [-0.2, 0) is 9.53 Å². The van der Waals surface area contributed by atoms with E-state index in [0.29, 0.717) is 23.1 Å². The minimum atomic E-state index is -0.550. The molecule has 1 aliphatic rings. The molecule has 4 nitrogen and oxygen atoms in total. The van der Waals surface area contributed by atoms with Crippen LogP contribution in [0.3, 0.4) is 0 Å². The number of hydrogen-bond donors (Lipinski definition) is 2. The Morgan fingerprint density at radius 1 is 1.45 bits per heavy atom. The van der Waals surface area contributed by atoms with E-state index in [1.54, 1.807) is 13.2 Å². The van der Waals surface area contributed by atoms with Crippen molar-refractivity contribution in [2.45, 2.75) is 31.2 Å². The molecule has 1 aromatic rings. The largest absolute Gasteiger partial charge is 0.396 e. The minimum Gasteiger partial charge on any atom is -0.396 e. The molecule has 0 radical (unpaired) electrons. The van der Waals surface area contributed by atoms with Gasteiger partial charge in [-0.3, -0.25) is 4.79 Å². The number of carbonyl (C=O) groups excluding carboxylic acids is 1. The summed E-state index contributed by atoms with van der Waals surface area (Å²) in [5, 5.41) is 13.2. The first-order valence-corrected chi connectivity index (χ1v) is 8.02. The average Bonchev–Trinajstić information content (AvgIpc) is 3.22. The fourth-order valence-corrected chi connectivity index (χ4v) is 3.03. The molecule has 122 valence electrons. The highest BCUT2D eigenvalue weighted by Gasteiger charge is 2.45. The van der Waals surface area contributed by atoms with E-state index in [2.05, 4.69) is 5.32 Å². The molecule has 0 heterocycles. The molecule has 1 fully saturated rings. The number of nitrogens with one attached hydrogen (secondary N) is 1. The number of benzene rings is 1. The third-order valence-electron chi connectivity index (χ3n) is 4.05. The van der Waals surface area contributed by atoms with E-state index in [4.69, 9.17) is 33.0 Å². The number of aliphatic hydroxyl groups excluding tert-OH is 1. The van der Waals surface area contributed by atoms with Crippen LogP contribution in [0.1, 0.15) is 31.2 Å². The van der Waals surface area contributed by atoms with Crippen molar-refractivity contribution >= 4 is 29.1 Å². The predicted octanol–water partition coefficient (Wildman–Crippen LogP) is 3.00. The van der Waals surface area contributed by atoms with E-state index < -0.39 is 5.54 Å². The maximum Gasteiger partial charge on any atom is 0.224 e. The SMILES string of the molecule is COCC(C)(CCO)NC(=O)C1CC1c1ccc(Cl)c(Cl)c1. The van der Waals surface area contributed by atoms with Gasteiger partial charge in [-0.2, -0.15) is 0 Å². The standard InChI is InChI=1S/C16H21Cl2NO3/c1-16(5-6-20,9-22-2)19-15(21)12-8-11(12)10-3-4-13(17)14(18)7-10/h3-4,7,11-12,20H,5-6,8-9H2,1-2H3,(H,19,21). The molecule has 1 aliphatic carbocycles. The molecular formula is C16H21Cl2NO3. The van der Waals surface area contributed by atoms with Gasteiger partial charge in [-0.05, 0) is 43.4 Å². The number of hydrogen-bond acceptors (Lipinski definition) is 3. The molecule has 1 amide bonds. The highest BCUT2D eigenvalue weighted by molar-refractivity contribution is 6.42. The quantitative estimate of drug-likeness (QED) is 0.798. The smallest absolute Gasteiger partial charge is 0.224 e. The van der Waals surface area contributed by atoms with Gasteiger partial charge in [-0.25, -0.2) is 0 Å². The topological polar surface area (TPSA) is 58.6 Å². The van der Waals surface area contributed by atoms with Crippen molar-refractivity contribution < 1.29 is 14.6 Å². The number of carbonyl (C=O) groups is 1. The summed E-state index contributed by atoms with van der Waals surface area (Å²) in [6.07, 6.45) is 1.25. The van der Waals surface area contributed by atoms with E-state index in [-0.39, 0.29) is 24.3 Å². The van der Waals surface area contributed by atoms with Gasteiger partial charge >= 0.3 is 0 Å². The van der Waals surface area contributed by atoms with Gasteiger partial charge in [-0.1, -0.05) is 29.3 Å². The summed E-state index contributed by atoms with van der Waals surface area (Å²) >= 11 is 11.9. The summed E-state index contributed by atoms with van der Waals surface area (Å²) in [5.74, 6) is 0.104.